The third-order valence-corrected chi connectivity index (χ3v) is 10.3. The van der Waals surface area contributed by atoms with E-state index in [1.54, 1.807) is 0 Å². The van der Waals surface area contributed by atoms with Crippen molar-refractivity contribution in [3.8, 4) is 23.0 Å². The normalized spacial score (nSPS) is 23.8. The lowest BCUT2D eigenvalue weighted by Gasteiger charge is -2.34. The van der Waals surface area contributed by atoms with E-state index >= 15 is 8.78 Å². The van der Waals surface area contributed by atoms with Crippen molar-refractivity contribution in [2.45, 2.75) is 43.8 Å². The summed E-state index contributed by atoms with van der Waals surface area (Å²) in [6, 6.07) is 4.35. The van der Waals surface area contributed by atoms with Crippen molar-refractivity contribution >= 4 is 37.5 Å². The summed E-state index contributed by atoms with van der Waals surface area (Å²) < 4.78 is 90.3. The number of aromatic nitrogens is 3. The standard InChI is InChI=1S/C31H32F4N6O4S/c32-19-11-31(6-2-8-41(31)14-19)16-45-30-38-28-22(29(39-30)40-7-1-3-17(13-40)15-46(36,43)44)12-37-27(26(28)35)21-10-20(42)9-18-4-5-23(33)25(34)24(18)21/h4-5,9-10,12,17,19,42H,1-3,6-8,11,13-16H2,(H2,36,43,44)/t17?,19-,31+/m1/s1. The zero-order valence-electron chi connectivity index (χ0n) is 24.7. The number of nitrogens with zero attached hydrogens (tertiary/aromatic N) is 5. The summed E-state index contributed by atoms with van der Waals surface area (Å²) in [5, 5.41) is 15.8. The first-order chi connectivity index (χ1) is 21.9. The van der Waals surface area contributed by atoms with Gasteiger partial charge in [-0.15, -0.1) is 0 Å². The van der Waals surface area contributed by atoms with Crippen LogP contribution < -0.4 is 14.8 Å². The lowest BCUT2D eigenvalue weighted by atomic mass is 9.95. The second kappa shape index (κ2) is 11.5. The second-order valence-corrected chi connectivity index (χ2v) is 14.3. The molecule has 0 amide bonds. The van der Waals surface area contributed by atoms with Gasteiger partial charge in [-0.25, -0.2) is 31.1 Å². The Morgan fingerprint density at radius 3 is 2.72 bits per heavy atom. The Balaban J connectivity index is 1.35. The fourth-order valence-corrected chi connectivity index (χ4v) is 8.38. The number of pyridine rings is 1. The molecule has 4 aromatic rings. The molecule has 3 aliphatic heterocycles. The van der Waals surface area contributed by atoms with Gasteiger partial charge < -0.3 is 14.7 Å². The molecule has 5 heterocycles. The minimum absolute atomic E-state index is 0.0770. The number of ether oxygens (including phenoxy) is 1. The molecule has 7 rings (SSSR count). The van der Waals surface area contributed by atoms with Crippen LogP contribution in [-0.2, 0) is 10.0 Å². The van der Waals surface area contributed by atoms with Gasteiger partial charge in [0.05, 0.1) is 16.7 Å². The lowest BCUT2D eigenvalue weighted by molar-refractivity contribution is 0.107. The van der Waals surface area contributed by atoms with E-state index in [1.807, 2.05) is 4.90 Å². The highest BCUT2D eigenvalue weighted by molar-refractivity contribution is 7.89. The molecule has 244 valence electrons. The van der Waals surface area contributed by atoms with E-state index in [-0.39, 0.29) is 75.3 Å². The number of phenolic OH excluding ortho intramolecular Hbond substituents is 1. The molecule has 0 aliphatic carbocycles. The van der Waals surface area contributed by atoms with E-state index in [4.69, 9.17) is 9.88 Å². The summed E-state index contributed by atoms with van der Waals surface area (Å²) in [5.74, 6) is -3.95. The molecule has 15 heteroatoms. The van der Waals surface area contributed by atoms with Crippen molar-refractivity contribution in [2.75, 3.05) is 43.4 Å². The molecular weight excluding hydrogens is 628 g/mol. The molecule has 46 heavy (non-hydrogen) atoms. The van der Waals surface area contributed by atoms with E-state index in [1.165, 1.54) is 18.3 Å². The van der Waals surface area contributed by atoms with Gasteiger partial charge in [-0.05, 0) is 61.7 Å². The number of benzene rings is 2. The SMILES string of the molecule is NS(=O)(=O)CC1CCCN(c2nc(OC[C@@]34CCCN3C[C@H](F)C4)nc3c(F)c(-c4cc(O)cc5ccc(F)c(F)c45)ncc23)C1. The number of fused-ring (bicyclic) bond motifs is 3. The Kier molecular flexibility index (Phi) is 7.67. The third-order valence-electron chi connectivity index (χ3n) is 9.41. The molecule has 3 N–H and O–H groups in total. The van der Waals surface area contributed by atoms with Crippen LogP contribution in [0.5, 0.6) is 11.8 Å². The summed E-state index contributed by atoms with van der Waals surface area (Å²) in [6.07, 6.45) is 3.46. The van der Waals surface area contributed by atoms with Gasteiger partial charge in [0.2, 0.25) is 10.0 Å². The van der Waals surface area contributed by atoms with Gasteiger partial charge in [0.1, 0.15) is 35.6 Å². The topological polar surface area (TPSA) is 135 Å². The highest BCUT2D eigenvalue weighted by Gasteiger charge is 2.49. The Hall–Kier alpha value is -3.82. The number of hydrogen-bond acceptors (Lipinski definition) is 9. The van der Waals surface area contributed by atoms with Crippen LogP contribution >= 0.6 is 0 Å². The molecule has 3 atom stereocenters. The maximum Gasteiger partial charge on any atom is 0.319 e. The molecule has 1 unspecified atom stereocenters. The molecule has 3 fully saturated rings. The van der Waals surface area contributed by atoms with E-state index in [2.05, 4.69) is 19.9 Å². The van der Waals surface area contributed by atoms with Crippen LogP contribution in [0.1, 0.15) is 32.1 Å². The third kappa shape index (κ3) is 5.58. The number of rotatable bonds is 7. The minimum atomic E-state index is -3.75. The van der Waals surface area contributed by atoms with Crippen molar-refractivity contribution in [1.82, 2.24) is 19.9 Å². The summed E-state index contributed by atoms with van der Waals surface area (Å²) in [4.78, 5) is 17.2. The van der Waals surface area contributed by atoms with Crippen LogP contribution in [0.2, 0.25) is 0 Å². The van der Waals surface area contributed by atoms with Crippen LogP contribution in [0, 0.1) is 23.4 Å². The smallest absolute Gasteiger partial charge is 0.319 e. The fourth-order valence-electron chi connectivity index (χ4n) is 7.45. The molecule has 0 radical (unpaired) electrons. The van der Waals surface area contributed by atoms with E-state index < -0.39 is 39.2 Å². The molecule has 2 aromatic heterocycles. The first-order valence-corrected chi connectivity index (χ1v) is 16.9. The van der Waals surface area contributed by atoms with Crippen molar-refractivity contribution < 1.29 is 35.8 Å². The lowest BCUT2D eigenvalue weighted by Crippen LogP contribution is -2.43. The second-order valence-electron chi connectivity index (χ2n) is 12.6. The fraction of sp³-hybridized carbons (Fsp3) is 0.452. The van der Waals surface area contributed by atoms with Crippen LogP contribution in [-0.4, -0.2) is 83.6 Å². The number of halogens is 4. The van der Waals surface area contributed by atoms with Crippen LogP contribution in [0.4, 0.5) is 23.4 Å². The highest BCUT2D eigenvalue weighted by Crippen LogP contribution is 2.42. The zero-order valence-corrected chi connectivity index (χ0v) is 25.5. The van der Waals surface area contributed by atoms with Gasteiger partial charge >= 0.3 is 6.01 Å². The van der Waals surface area contributed by atoms with Crippen LogP contribution in [0.3, 0.4) is 0 Å². The quantitative estimate of drug-likeness (QED) is 0.276. The molecular formula is C31H32F4N6O4S. The van der Waals surface area contributed by atoms with E-state index in [9.17, 15) is 22.3 Å². The Bertz CT molecular complexity index is 1970. The summed E-state index contributed by atoms with van der Waals surface area (Å²) >= 11 is 0. The van der Waals surface area contributed by atoms with Crippen molar-refractivity contribution in [3.05, 3.63) is 47.9 Å². The first kappa shape index (κ1) is 30.8. The summed E-state index contributed by atoms with van der Waals surface area (Å²) in [6.45, 7) is 1.86. The minimum Gasteiger partial charge on any atom is -0.508 e. The number of nitrogens with two attached hydrogens (primary N) is 1. The number of hydrogen-bond donors (Lipinski definition) is 2. The maximum atomic E-state index is 16.6. The number of sulfonamides is 1. The van der Waals surface area contributed by atoms with E-state index in [0.29, 0.717) is 32.4 Å². The number of anilines is 1. The average molecular weight is 661 g/mol. The monoisotopic (exact) mass is 660 g/mol. The van der Waals surface area contributed by atoms with Crippen molar-refractivity contribution in [1.29, 1.82) is 0 Å². The first-order valence-electron chi connectivity index (χ1n) is 15.2. The molecule has 3 aliphatic rings. The predicted molar refractivity (Wildman–Crippen MR) is 163 cm³/mol. The summed E-state index contributed by atoms with van der Waals surface area (Å²) in [7, 11) is -3.75. The Morgan fingerprint density at radius 2 is 1.91 bits per heavy atom. The number of primary sulfonamides is 1. The van der Waals surface area contributed by atoms with Gasteiger partial charge in [-0.2, -0.15) is 9.97 Å². The Morgan fingerprint density at radius 1 is 1.09 bits per heavy atom. The number of piperidine rings is 1. The number of alkyl halides is 1. The molecule has 0 bridgehead atoms. The van der Waals surface area contributed by atoms with Crippen LogP contribution in [0.25, 0.3) is 32.9 Å². The summed E-state index contributed by atoms with van der Waals surface area (Å²) in [5.41, 5.74) is -1.31. The van der Waals surface area contributed by atoms with Gasteiger partial charge in [0.15, 0.2) is 17.5 Å². The van der Waals surface area contributed by atoms with Gasteiger partial charge in [-0.3, -0.25) is 9.88 Å². The zero-order chi connectivity index (χ0) is 32.4. The maximum absolute atomic E-state index is 16.6. The molecule has 0 saturated carbocycles. The average Bonchev–Trinajstić information content (AvgIpc) is 3.52. The van der Waals surface area contributed by atoms with Gasteiger partial charge in [0, 0.05) is 43.2 Å². The molecule has 3 saturated heterocycles. The largest absolute Gasteiger partial charge is 0.508 e. The molecule has 0 spiro atoms. The predicted octanol–water partition coefficient (Wildman–Crippen LogP) is 4.43. The van der Waals surface area contributed by atoms with Crippen LogP contribution in [0.15, 0.2) is 30.5 Å². The number of aromatic hydroxyl groups is 1. The van der Waals surface area contributed by atoms with Gasteiger partial charge in [0.25, 0.3) is 0 Å². The van der Waals surface area contributed by atoms with Gasteiger partial charge in [-0.1, -0.05) is 6.07 Å². The highest BCUT2D eigenvalue weighted by atomic mass is 32.2. The molecule has 10 nitrogen and oxygen atoms in total. The molecule has 2 aromatic carbocycles. The van der Waals surface area contributed by atoms with Crippen molar-refractivity contribution in [3.63, 3.8) is 0 Å². The Labute approximate surface area is 262 Å². The van der Waals surface area contributed by atoms with Crippen molar-refractivity contribution in [2.24, 2.45) is 11.1 Å². The van der Waals surface area contributed by atoms with E-state index in [0.717, 1.165) is 31.5 Å². The number of phenols is 1.